The average Bonchev–Trinajstić information content (AvgIpc) is 3.12. The van der Waals surface area contributed by atoms with Gasteiger partial charge in [0.1, 0.15) is 0 Å². The molecule has 0 N–H and O–H groups in total. The number of amides is 1. The predicted octanol–water partition coefficient (Wildman–Crippen LogP) is 1.74. The van der Waals surface area contributed by atoms with Crippen LogP contribution in [0, 0.1) is 0 Å². The first-order valence-corrected chi connectivity index (χ1v) is 10.8. The van der Waals surface area contributed by atoms with Crippen LogP contribution in [0.1, 0.15) is 16.1 Å². The van der Waals surface area contributed by atoms with Gasteiger partial charge in [-0.15, -0.1) is 0 Å². The molecule has 1 amide bonds. The molecule has 1 aliphatic heterocycles. The number of nitrogens with zero attached hydrogens (tertiary/aromatic N) is 3. The zero-order chi connectivity index (χ0) is 19.3. The number of hydrogen-bond acceptors (Lipinski definition) is 6. The molecule has 27 heavy (non-hydrogen) atoms. The molecule has 1 saturated heterocycles. The fraction of sp³-hybridized carbons (Fsp3) is 0.412. The quantitative estimate of drug-likeness (QED) is 0.628. The summed E-state index contributed by atoms with van der Waals surface area (Å²) in [6.07, 6.45) is 3.29. The van der Waals surface area contributed by atoms with Crippen molar-refractivity contribution in [1.82, 2.24) is 14.2 Å². The molecule has 0 radical (unpaired) electrons. The van der Waals surface area contributed by atoms with Gasteiger partial charge in [0.05, 0.1) is 19.0 Å². The standard InChI is InChI=1S/C17H20BrN3O5S/c18-16-4-3-15(26-16)17(22)20(13-14-2-1-5-19-12-14)8-11-27(23,24)21-6-9-25-10-7-21/h1-5,12H,6-11,13H2. The molecule has 0 unspecified atom stereocenters. The van der Waals surface area contributed by atoms with Crippen molar-refractivity contribution in [2.45, 2.75) is 6.54 Å². The lowest BCUT2D eigenvalue weighted by Crippen LogP contribution is -2.44. The first kappa shape index (κ1) is 20.0. The van der Waals surface area contributed by atoms with Crippen LogP contribution in [0.5, 0.6) is 0 Å². The van der Waals surface area contributed by atoms with Crippen LogP contribution in [0.25, 0.3) is 0 Å². The molecule has 2 aromatic rings. The third-order valence-corrected chi connectivity index (χ3v) is 6.43. The van der Waals surface area contributed by atoms with Crippen molar-refractivity contribution in [3.05, 3.63) is 52.7 Å². The molecule has 0 atom stereocenters. The number of carbonyl (C=O) groups excluding carboxylic acids is 1. The highest BCUT2D eigenvalue weighted by atomic mass is 79.9. The Bertz CT molecular complexity index is 866. The second-order valence-electron chi connectivity index (χ2n) is 6.02. The Morgan fingerprint density at radius 1 is 1.26 bits per heavy atom. The number of aromatic nitrogens is 1. The van der Waals surface area contributed by atoms with E-state index in [0.717, 1.165) is 5.56 Å². The van der Waals surface area contributed by atoms with E-state index in [4.69, 9.17) is 9.15 Å². The maximum absolute atomic E-state index is 12.8. The first-order valence-electron chi connectivity index (χ1n) is 8.45. The van der Waals surface area contributed by atoms with Gasteiger partial charge in [-0.1, -0.05) is 6.07 Å². The van der Waals surface area contributed by atoms with Crippen molar-refractivity contribution in [3.8, 4) is 0 Å². The second kappa shape index (κ2) is 8.96. The largest absolute Gasteiger partial charge is 0.444 e. The summed E-state index contributed by atoms with van der Waals surface area (Å²) in [5.74, 6) is -0.391. The third kappa shape index (κ3) is 5.38. The number of morpholine rings is 1. The molecule has 10 heteroatoms. The van der Waals surface area contributed by atoms with Gasteiger partial charge in [-0.25, -0.2) is 8.42 Å². The SMILES string of the molecule is O=C(c1ccc(Br)o1)N(CCS(=O)(=O)N1CCOCC1)Cc1cccnc1. The summed E-state index contributed by atoms with van der Waals surface area (Å²) in [6.45, 7) is 1.74. The van der Waals surface area contributed by atoms with Crippen molar-refractivity contribution in [1.29, 1.82) is 0 Å². The monoisotopic (exact) mass is 457 g/mol. The summed E-state index contributed by atoms with van der Waals surface area (Å²) in [6, 6.07) is 6.78. The van der Waals surface area contributed by atoms with Crippen molar-refractivity contribution < 1.29 is 22.4 Å². The molecule has 1 fully saturated rings. The van der Waals surface area contributed by atoms with Crippen LogP contribution in [0.15, 0.2) is 45.7 Å². The summed E-state index contributed by atoms with van der Waals surface area (Å²) in [5, 5.41) is 0. The number of hydrogen-bond donors (Lipinski definition) is 0. The Morgan fingerprint density at radius 3 is 2.67 bits per heavy atom. The average molecular weight is 458 g/mol. The minimum atomic E-state index is -3.48. The van der Waals surface area contributed by atoms with Crippen LogP contribution in [0.3, 0.4) is 0 Å². The lowest BCUT2D eigenvalue weighted by Gasteiger charge is -2.28. The molecule has 1 aliphatic rings. The van der Waals surface area contributed by atoms with Gasteiger partial charge in [-0.3, -0.25) is 9.78 Å². The lowest BCUT2D eigenvalue weighted by molar-refractivity contribution is 0.0702. The summed E-state index contributed by atoms with van der Waals surface area (Å²) in [4.78, 5) is 18.3. The van der Waals surface area contributed by atoms with Gasteiger partial charge in [0.15, 0.2) is 10.4 Å². The molecule has 0 saturated carbocycles. The number of pyridine rings is 1. The number of carbonyl (C=O) groups is 1. The van der Waals surface area contributed by atoms with E-state index in [9.17, 15) is 13.2 Å². The Hall–Kier alpha value is -1.75. The second-order valence-corrected chi connectivity index (χ2v) is 8.89. The van der Waals surface area contributed by atoms with E-state index in [1.54, 1.807) is 30.6 Å². The van der Waals surface area contributed by atoms with Gasteiger partial charge < -0.3 is 14.1 Å². The fourth-order valence-electron chi connectivity index (χ4n) is 2.73. The highest BCUT2D eigenvalue weighted by Gasteiger charge is 2.27. The number of halogens is 1. The van der Waals surface area contributed by atoms with E-state index in [2.05, 4.69) is 20.9 Å². The molecule has 3 rings (SSSR count). The van der Waals surface area contributed by atoms with Crippen molar-refractivity contribution in [3.63, 3.8) is 0 Å². The van der Waals surface area contributed by atoms with E-state index in [1.165, 1.54) is 9.21 Å². The van der Waals surface area contributed by atoms with Gasteiger partial charge in [0, 0.05) is 38.6 Å². The smallest absolute Gasteiger partial charge is 0.289 e. The van der Waals surface area contributed by atoms with Gasteiger partial charge in [0.2, 0.25) is 10.0 Å². The summed E-state index contributed by atoms with van der Waals surface area (Å²) in [7, 11) is -3.48. The highest BCUT2D eigenvalue weighted by Crippen LogP contribution is 2.17. The van der Waals surface area contributed by atoms with Gasteiger partial charge in [0.25, 0.3) is 5.91 Å². The van der Waals surface area contributed by atoms with Crippen molar-refractivity contribution in [2.75, 3.05) is 38.6 Å². The Morgan fingerprint density at radius 2 is 2.04 bits per heavy atom. The molecule has 0 aliphatic carbocycles. The number of rotatable bonds is 7. The Kier molecular flexibility index (Phi) is 6.64. The Labute approximate surface area is 166 Å². The van der Waals surface area contributed by atoms with Gasteiger partial charge in [-0.2, -0.15) is 4.31 Å². The summed E-state index contributed by atoms with van der Waals surface area (Å²) >= 11 is 3.18. The Balaban J connectivity index is 1.73. The third-order valence-electron chi connectivity index (χ3n) is 4.15. The molecule has 0 spiro atoms. The molecule has 0 bridgehead atoms. The number of sulfonamides is 1. The maximum Gasteiger partial charge on any atom is 0.289 e. The maximum atomic E-state index is 12.8. The van der Waals surface area contributed by atoms with Gasteiger partial charge in [-0.05, 0) is 39.7 Å². The zero-order valence-corrected chi connectivity index (χ0v) is 17.0. The van der Waals surface area contributed by atoms with Crippen LogP contribution in [-0.4, -0.2) is 67.1 Å². The number of furan rings is 1. The van der Waals surface area contributed by atoms with Crippen LogP contribution in [-0.2, 0) is 21.3 Å². The van der Waals surface area contributed by atoms with Crippen LogP contribution in [0.2, 0.25) is 0 Å². The van der Waals surface area contributed by atoms with Crippen LogP contribution in [0.4, 0.5) is 0 Å². The number of ether oxygens (including phenoxy) is 1. The molecular formula is C17H20BrN3O5S. The van der Waals surface area contributed by atoms with E-state index < -0.39 is 10.0 Å². The van der Waals surface area contributed by atoms with Gasteiger partial charge >= 0.3 is 0 Å². The summed E-state index contributed by atoms with van der Waals surface area (Å²) in [5.41, 5.74) is 0.806. The molecular weight excluding hydrogens is 438 g/mol. The lowest BCUT2D eigenvalue weighted by atomic mass is 10.2. The normalized spacial score (nSPS) is 15.6. The van der Waals surface area contributed by atoms with Crippen LogP contribution >= 0.6 is 15.9 Å². The van der Waals surface area contributed by atoms with Crippen molar-refractivity contribution in [2.24, 2.45) is 0 Å². The van der Waals surface area contributed by atoms with E-state index in [1.807, 2.05) is 6.07 Å². The minimum absolute atomic E-state index is 0.0474. The predicted molar refractivity (Wildman–Crippen MR) is 102 cm³/mol. The van der Waals surface area contributed by atoms with Crippen LogP contribution < -0.4 is 0 Å². The molecule has 146 valence electrons. The minimum Gasteiger partial charge on any atom is -0.444 e. The zero-order valence-electron chi connectivity index (χ0n) is 14.6. The molecule has 2 aromatic heterocycles. The van der Waals surface area contributed by atoms with Crippen molar-refractivity contribution >= 4 is 31.9 Å². The first-order chi connectivity index (χ1) is 13.0. The molecule has 3 heterocycles. The molecule has 8 nitrogen and oxygen atoms in total. The van der Waals surface area contributed by atoms with E-state index >= 15 is 0 Å². The highest BCUT2D eigenvalue weighted by molar-refractivity contribution is 9.10. The topological polar surface area (TPSA) is 93.0 Å². The fourth-order valence-corrected chi connectivity index (χ4v) is 4.45. The van der Waals surface area contributed by atoms with E-state index in [-0.39, 0.29) is 30.5 Å². The molecule has 0 aromatic carbocycles. The van der Waals surface area contributed by atoms with E-state index in [0.29, 0.717) is 31.0 Å². The summed E-state index contributed by atoms with van der Waals surface area (Å²) < 4.78 is 37.6.